The summed E-state index contributed by atoms with van der Waals surface area (Å²) in [6.07, 6.45) is 0.988. The standard InChI is InChI=1S/C24H29N5/c1-4-20-10-8-9-18(2)23(20)26-22-17-19(3)25-24(27-22)29-15-13-28(14-16-29)21-11-6-5-7-12-21/h5-12,17H,4,13-16H2,1-3H3,(H,25,26,27). The van der Waals surface area contributed by atoms with Crippen molar-refractivity contribution < 1.29 is 0 Å². The number of aromatic nitrogens is 2. The zero-order chi connectivity index (χ0) is 20.2. The summed E-state index contributed by atoms with van der Waals surface area (Å²) in [5, 5.41) is 3.56. The van der Waals surface area contributed by atoms with Crippen LogP contribution in [0.25, 0.3) is 0 Å². The Morgan fingerprint density at radius 2 is 1.59 bits per heavy atom. The number of nitrogens with one attached hydrogen (secondary N) is 1. The van der Waals surface area contributed by atoms with Crippen molar-refractivity contribution in [3.63, 3.8) is 0 Å². The number of nitrogens with zero attached hydrogens (tertiary/aromatic N) is 4. The molecule has 1 aliphatic rings. The Bertz CT molecular complexity index is 962. The van der Waals surface area contributed by atoms with Gasteiger partial charge in [0.2, 0.25) is 5.95 Å². The van der Waals surface area contributed by atoms with Gasteiger partial charge in [-0.3, -0.25) is 0 Å². The van der Waals surface area contributed by atoms with Gasteiger partial charge in [-0.1, -0.05) is 43.3 Å². The lowest BCUT2D eigenvalue weighted by molar-refractivity contribution is 0.639. The fourth-order valence-corrected chi connectivity index (χ4v) is 3.89. The van der Waals surface area contributed by atoms with E-state index in [0.717, 1.165) is 55.7 Å². The van der Waals surface area contributed by atoms with Crippen LogP contribution in [0.3, 0.4) is 0 Å². The average molecular weight is 388 g/mol. The molecule has 0 spiro atoms. The highest BCUT2D eigenvalue weighted by Crippen LogP contribution is 2.26. The fraction of sp³-hybridized carbons (Fsp3) is 0.333. The number of aryl methyl sites for hydroxylation is 3. The molecule has 3 aromatic rings. The molecule has 0 bridgehead atoms. The van der Waals surface area contributed by atoms with Crippen LogP contribution in [0.15, 0.2) is 54.6 Å². The van der Waals surface area contributed by atoms with Gasteiger partial charge >= 0.3 is 0 Å². The van der Waals surface area contributed by atoms with Crippen LogP contribution in [-0.2, 0) is 6.42 Å². The van der Waals surface area contributed by atoms with Gasteiger partial charge in [0.05, 0.1) is 0 Å². The maximum Gasteiger partial charge on any atom is 0.227 e. The van der Waals surface area contributed by atoms with E-state index in [1.807, 2.05) is 13.0 Å². The molecule has 0 atom stereocenters. The Morgan fingerprint density at radius 3 is 2.31 bits per heavy atom. The third kappa shape index (κ3) is 4.34. The zero-order valence-corrected chi connectivity index (χ0v) is 17.5. The molecule has 0 saturated carbocycles. The number of para-hydroxylation sites is 2. The lowest BCUT2D eigenvalue weighted by Gasteiger charge is -2.36. The molecule has 5 heteroatoms. The van der Waals surface area contributed by atoms with E-state index < -0.39 is 0 Å². The lowest BCUT2D eigenvalue weighted by atomic mass is 10.1. The summed E-state index contributed by atoms with van der Waals surface area (Å²) in [5.41, 5.74) is 5.96. The van der Waals surface area contributed by atoms with Crippen molar-refractivity contribution in [1.82, 2.24) is 9.97 Å². The van der Waals surface area contributed by atoms with Gasteiger partial charge in [-0.15, -0.1) is 0 Å². The van der Waals surface area contributed by atoms with Gasteiger partial charge in [-0.2, -0.15) is 4.98 Å². The molecule has 2 aromatic carbocycles. The van der Waals surface area contributed by atoms with Gasteiger partial charge in [-0.05, 0) is 43.5 Å². The minimum absolute atomic E-state index is 0.812. The molecule has 0 amide bonds. The van der Waals surface area contributed by atoms with Gasteiger partial charge in [0.15, 0.2) is 0 Å². The minimum atomic E-state index is 0.812. The Morgan fingerprint density at radius 1 is 0.862 bits per heavy atom. The maximum absolute atomic E-state index is 4.85. The second-order valence-corrected chi connectivity index (χ2v) is 7.59. The molecule has 1 saturated heterocycles. The van der Waals surface area contributed by atoms with Crippen LogP contribution in [0.2, 0.25) is 0 Å². The lowest BCUT2D eigenvalue weighted by Crippen LogP contribution is -2.47. The van der Waals surface area contributed by atoms with E-state index in [2.05, 4.69) is 77.5 Å². The van der Waals surface area contributed by atoms with E-state index in [1.165, 1.54) is 16.8 Å². The van der Waals surface area contributed by atoms with E-state index in [0.29, 0.717) is 0 Å². The van der Waals surface area contributed by atoms with Crippen LogP contribution in [0.1, 0.15) is 23.7 Å². The second-order valence-electron chi connectivity index (χ2n) is 7.59. The van der Waals surface area contributed by atoms with Gasteiger partial charge in [0.25, 0.3) is 0 Å². The molecule has 150 valence electrons. The van der Waals surface area contributed by atoms with Crippen molar-refractivity contribution in [3.8, 4) is 0 Å². The van der Waals surface area contributed by atoms with Gasteiger partial charge in [0.1, 0.15) is 5.82 Å². The maximum atomic E-state index is 4.85. The van der Waals surface area contributed by atoms with E-state index >= 15 is 0 Å². The molecule has 0 unspecified atom stereocenters. The summed E-state index contributed by atoms with van der Waals surface area (Å²) in [7, 11) is 0. The predicted octanol–water partition coefficient (Wildman–Crippen LogP) is 4.73. The summed E-state index contributed by atoms with van der Waals surface area (Å²) in [6.45, 7) is 10.1. The summed E-state index contributed by atoms with van der Waals surface area (Å²) >= 11 is 0. The van der Waals surface area contributed by atoms with Gasteiger partial charge in [-0.25, -0.2) is 4.98 Å². The highest BCUT2D eigenvalue weighted by atomic mass is 15.3. The van der Waals surface area contributed by atoms with Crippen LogP contribution in [0.4, 0.5) is 23.1 Å². The first-order valence-electron chi connectivity index (χ1n) is 10.4. The molecule has 0 aliphatic carbocycles. The van der Waals surface area contributed by atoms with Crippen LogP contribution in [0.5, 0.6) is 0 Å². The number of hydrogen-bond donors (Lipinski definition) is 1. The highest BCUT2D eigenvalue weighted by molar-refractivity contribution is 5.65. The number of anilines is 4. The topological polar surface area (TPSA) is 44.3 Å². The largest absolute Gasteiger partial charge is 0.368 e. The smallest absolute Gasteiger partial charge is 0.227 e. The summed E-state index contributed by atoms with van der Waals surface area (Å²) in [6, 6.07) is 19.1. The average Bonchev–Trinajstić information content (AvgIpc) is 2.75. The van der Waals surface area contributed by atoms with Crippen LogP contribution in [-0.4, -0.2) is 36.1 Å². The molecule has 1 N–H and O–H groups in total. The summed E-state index contributed by atoms with van der Waals surface area (Å²) in [5.74, 6) is 1.67. The first kappa shape index (κ1) is 19.2. The number of hydrogen-bond acceptors (Lipinski definition) is 5. The molecule has 1 aromatic heterocycles. The molecular formula is C24H29N5. The van der Waals surface area contributed by atoms with Crippen molar-refractivity contribution in [3.05, 3.63) is 71.4 Å². The van der Waals surface area contributed by atoms with Gasteiger partial charge < -0.3 is 15.1 Å². The quantitative estimate of drug-likeness (QED) is 0.686. The van der Waals surface area contributed by atoms with Gasteiger partial charge in [0, 0.05) is 49.3 Å². The molecular weight excluding hydrogens is 358 g/mol. The number of benzene rings is 2. The van der Waals surface area contributed by atoms with Crippen LogP contribution in [0, 0.1) is 13.8 Å². The monoisotopic (exact) mass is 387 g/mol. The zero-order valence-electron chi connectivity index (χ0n) is 17.5. The summed E-state index contributed by atoms with van der Waals surface area (Å²) < 4.78 is 0. The molecule has 2 heterocycles. The number of piperazine rings is 1. The van der Waals surface area contributed by atoms with E-state index in [4.69, 9.17) is 9.97 Å². The highest BCUT2D eigenvalue weighted by Gasteiger charge is 2.20. The summed E-state index contributed by atoms with van der Waals surface area (Å²) in [4.78, 5) is 14.3. The molecule has 1 fully saturated rings. The molecule has 5 nitrogen and oxygen atoms in total. The van der Waals surface area contributed by atoms with Crippen LogP contribution >= 0.6 is 0 Å². The fourth-order valence-electron chi connectivity index (χ4n) is 3.89. The Labute approximate surface area is 173 Å². The SMILES string of the molecule is CCc1cccc(C)c1Nc1cc(C)nc(N2CCN(c3ccccc3)CC2)n1. The Hall–Kier alpha value is -3.08. The molecule has 0 radical (unpaired) electrons. The Balaban J connectivity index is 1.51. The van der Waals surface area contributed by atoms with Crippen molar-refractivity contribution in [2.75, 3.05) is 41.3 Å². The first-order chi connectivity index (χ1) is 14.1. The first-order valence-corrected chi connectivity index (χ1v) is 10.4. The third-order valence-electron chi connectivity index (χ3n) is 5.52. The Kier molecular flexibility index (Phi) is 5.65. The molecule has 4 rings (SSSR count). The second kappa shape index (κ2) is 8.52. The van der Waals surface area contributed by atoms with Crippen LogP contribution < -0.4 is 15.1 Å². The van der Waals surface area contributed by atoms with Crippen molar-refractivity contribution >= 4 is 23.1 Å². The van der Waals surface area contributed by atoms with Crippen molar-refractivity contribution in [2.24, 2.45) is 0 Å². The van der Waals surface area contributed by atoms with E-state index in [1.54, 1.807) is 0 Å². The van der Waals surface area contributed by atoms with E-state index in [9.17, 15) is 0 Å². The van der Waals surface area contributed by atoms with Crippen molar-refractivity contribution in [2.45, 2.75) is 27.2 Å². The molecule has 1 aliphatic heterocycles. The number of rotatable bonds is 5. The minimum Gasteiger partial charge on any atom is -0.368 e. The van der Waals surface area contributed by atoms with E-state index in [-0.39, 0.29) is 0 Å². The predicted molar refractivity (Wildman–Crippen MR) is 121 cm³/mol. The third-order valence-corrected chi connectivity index (χ3v) is 5.52. The van der Waals surface area contributed by atoms with Crippen molar-refractivity contribution in [1.29, 1.82) is 0 Å². The normalized spacial score (nSPS) is 14.2. The molecule has 29 heavy (non-hydrogen) atoms.